The number of aliphatic hydroxyl groups excluding tert-OH is 1. The highest BCUT2D eigenvalue weighted by Gasteiger charge is 2.60. The Labute approximate surface area is 184 Å². The predicted molar refractivity (Wildman–Crippen MR) is 116 cm³/mol. The molecule has 3 aliphatic rings. The van der Waals surface area contributed by atoms with Crippen molar-refractivity contribution in [3.8, 4) is 0 Å². The Morgan fingerprint density at radius 1 is 1.52 bits per heavy atom. The summed E-state index contributed by atoms with van der Waals surface area (Å²) in [5.74, 6) is -1.95. The minimum atomic E-state index is -1.07. The maximum absolute atomic E-state index is 12.4. The van der Waals surface area contributed by atoms with Gasteiger partial charge in [-0.15, -0.1) is 35.5 Å². The Morgan fingerprint density at radius 3 is 2.83 bits per heavy atom. The minimum Gasteiger partial charge on any atom is -0.477 e. The van der Waals surface area contributed by atoms with Gasteiger partial charge in [0, 0.05) is 40.1 Å². The summed E-state index contributed by atoms with van der Waals surface area (Å²) < 4.78 is 0. The van der Waals surface area contributed by atoms with Crippen LogP contribution in [0.15, 0.2) is 22.0 Å². The molecule has 2 saturated heterocycles. The van der Waals surface area contributed by atoms with E-state index in [-0.39, 0.29) is 47.3 Å². The van der Waals surface area contributed by atoms with Crippen LogP contribution in [-0.4, -0.2) is 50.9 Å². The zero-order valence-corrected chi connectivity index (χ0v) is 18.6. The quantitative estimate of drug-likeness (QED) is 0.480. The lowest BCUT2D eigenvalue weighted by atomic mass is 9.79. The van der Waals surface area contributed by atoms with Gasteiger partial charge in [0.15, 0.2) is 0 Å². The largest absolute Gasteiger partial charge is 0.477 e. The Hall–Kier alpha value is -1.10. The fourth-order valence-electron chi connectivity index (χ4n) is 4.59. The van der Waals surface area contributed by atoms with Gasteiger partial charge >= 0.3 is 5.97 Å². The van der Waals surface area contributed by atoms with Crippen LogP contribution in [0.3, 0.4) is 0 Å². The molecule has 4 rings (SSSR count). The number of carbonyl (C=O) groups excluding carboxylic acids is 1. The van der Waals surface area contributed by atoms with Gasteiger partial charge in [0.05, 0.1) is 18.1 Å². The van der Waals surface area contributed by atoms with Gasteiger partial charge in [0.25, 0.3) is 0 Å². The Kier molecular flexibility index (Phi) is 6.67. The van der Waals surface area contributed by atoms with E-state index in [1.54, 1.807) is 30.0 Å². The number of aliphatic carboxylic acids is 1. The first-order valence-electron chi connectivity index (χ1n) is 9.49. The molecule has 10 heteroatoms. The zero-order valence-electron chi connectivity index (χ0n) is 16.2. The number of hydrogen-bond donors (Lipinski definition) is 4. The lowest BCUT2D eigenvalue weighted by Gasteiger charge is -2.46. The average Bonchev–Trinajstić information content (AvgIpc) is 3.33. The molecule has 5 N–H and O–H groups in total. The van der Waals surface area contributed by atoms with Gasteiger partial charge in [-0.3, -0.25) is 4.79 Å². The monoisotopic (exact) mass is 459 g/mol. The molecule has 4 heterocycles. The molecule has 0 spiro atoms. The van der Waals surface area contributed by atoms with Crippen LogP contribution in [-0.2, 0) is 16.1 Å². The number of nitrogens with zero attached hydrogens (tertiary/aromatic N) is 1. The zero-order chi connectivity index (χ0) is 20.2. The average molecular weight is 460 g/mol. The SMILES string of the molecule is C[C@@H](O)[C@H]1C(=O)N2C(C(=O)O)=C(S[C@@H]3CN[C@@H](c4csc(CN)c4)C3)[C@H](C)[C@H]12.Cl. The van der Waals surface area contributed by atoms with E-state index in [4.69, 9.17) is 5.73 Å². The molecule has 0 aliphatic carbocycles. The number of thiophene rings is 1. The number of nitrogens with two attached hydrogens (primary N) is 1. The number of aliphatic hydroxyl groups is 1. The molecule has 3 aliphatic heterocycles. The number of nitrogens with one attached hydrogen (secondary N) is 1. The van der Waals surface area contributed by atoms with E-state index < -0.39 is 18.0 Å². The van der Waals surface area contributed by atoms with Gasteiger partial charge in [-0.1, -0.05) is 6.92 Å². The molecule has 0 aromatic carbocycles. The molecule has 0 saturated carbocycles. The van der Waals surface area contributed by atoms with Gasteiger partial charge in [0.2, 0.25) is 5.91 Å². The van der Waals surface area contributed by atoms with E-state index in [0.717, 1.165) is 22.7 Å². The molecule has 1 aromatic heterocycles. The lowest BCUT2D eigenvalue weighted by Crippen LogP contribution is -2.63. The van der Waals surface area contributed by atoms with E-state index in [1.165, 1.54) is 10.5 Å². The third kappa shape index (κ3) is 3.73. The molecule has 160 valence electrons. The molecule has 0 bridgehead atoms. The van der Waals surface area contributed by atoms with Gasteiger partial charge in [-0.25, -0.2) is 4.79 Å². The fraction of sp³-hybridized carbons (Fsp3) is 0.579. The lowest BCUT2D eigenvalue weighted by molar-refractivity contribution is -0.163. The van der Waals surface area contributed by atoms with Crippen LogP contribution < -0.4 is 11.1 Å². The number of β-lactam (4-membered cyclic amide) rings is 1. The number of carboxylic acids is 1. The Bertz CT molecular complexity index is 843. The first kappa shape index (κ1) is 22.6. The molecule has 1 amide bonds. The number of amides is 1. The first-order chi connectivity index (χ1) is 13.3. The molecule has 0 unspecified atom stereocenters. The van der Waals surface area contributed by atoms with Gasteiger partial charge in [-0.05, 0) is 30.4 Å². The van der Waals surface area contributed by atoms with E-state index in [2.05, 4.69) is 16.8 Å². The van der Waals surface area contributed by atoms with E-state index in [1.807, 2.05) is 6.92 Å². The summed E-state index contributed by atoms with van der Waals surface area (Å²) >= 11 is 3.23. The maximum atomic E-state index is 12.4. The van der Waals surface area contributed by atoms with Crippen molar-refractivity contribution in [2.24, 2.45) is 17.6 Å². The number of halogens is 1. The molecule has 1 aromatic rings. The van der Waals surface area contributed by atoms with Gasteiger partial charge in [0.1, 0.15) is 5.70 Å². The number of thioether (sulfide) groups is 1. The molecular formula is C19H26ClN3O4S2. The molecule has 29 heavy (non-hydrogen) atoms. The third-order valence-corrected chi connectivity index (χ3v) is 8.46. The highest BCUT2D eigenvalue weighted by molar-refractivity contribution is 8.03. The topological polar surface area (TPSA) is 116 Å². The molecule has 0 radical (unpaired) electrons. The van der Waals surface area contributed by atoms with Crippen LogP contribution in [0.1, 0.15) is 36.8 Å². The normalized spacial score (nSPS) is 32.1. The first-order valence-corrected chi connectivity index (χ1v) is 11.2. The minimum absolute atomic E-state index is 0. The van der Waals surface area contributed by atoms with Crippen LogP contribution in [0.25, 0.3) is 0 Å². The summed E-state index contributed by atoms with van der Waals surface area (Å²) in [6.07, 6.45) is 0.121. The summed E-state index contributed by atoms with van der Waals surface area (Å²) in [5, 5.41) is 25.6. The van der Waals surface area contributed by atoms with Crippen LogP contribution >= 0.6 is 35.5 Å². The molecule has 7 nitrogen and oxygen atoms in total. The summed E-state index contributed by atoms with van der Waals surface area (Å²) in [6.45, 7) is 4.88. The number of fused-ring (bicyclic) bond motifs is 1. The van der Waals surface area contributed by atoms with Crippen LogP contribution in [0.4, 0.5) is 0 Å². The third-order valence-electron chi connectivity index (χ3n) is 5.97. The number of rotatable bonds is 6. The number of carboxylic acid groups (broad SMARTS) is 1. The smallest absolute Gasteiger partial charge is 0.353 e. The van der Waals surface area contributed by atoms with Crippen molar-refractivity contribution in [1.29, 1.82) is 0 Å². The van der Waals surface area contributed by atoms with Gasteiger partial charge < -0.3 is 26.2 Å². The molecular weight excluding hydrogens is 434 g/mol. The van der Waals surface area contributed by atoms with Crippen molar-refractivity contribution in [2.45, 2.75) is 50.3 Å². The highest BCUT2D eigenvalue weighted by Crippen LogP contribution is 2.52. The number of hydrogen-bond acceptors (Lipinski definition) is 7. The summed E-state index contributed by atoms with van der Waals surface area (Å²) in [7, 11) is 0. The van der Waals surface area contributed by atoms with Crippen LogP contribution in [0.2, 0.25) is 0 Å². The summed E-state index contributed by atoms with van der Waals surface area (Å²) in [6, 6.07) is 2.12. The summed E-state index contributed by atoms with van der Waals surface area (Å²) in [5.41, 5.74) is 7.04. The fourth-order valence-corrected chi connectivity index (χ4v) is 6.89. The van der Waals surface area contributed by atoms with Crippen molar-refractivity contribution in [1.82, 2.24) is 10.2 Å². The van der Waals surface area contributed by atoms with E-state index in [0.29, 0.717) is 6.54 Å². The highest BCUT2D eigenvalue weighted by atomic mass is 35.5. The van der Waals surface area contributed by atoms with E-state index in [9.17, 15) is 19.8 Å². The van der Waals surface area contributed by atoms with Gasteiger partial charge in [-0.2, -0.15) is 0 Å². The van der Waals surface area contributed by atoms with Crippen molar-refractivity contribution < 1.29 is 19.8 Å². The standard InChI is InChI=1S/C19H25N3O4S2.ClH/c1-8-15-14(9(2)23)18(24)22(15)16(19(25)26)17(8)28-12-4-13(21-6-12)10-3-11(5-20)27-7-10;/h3,7-9,12-15,21,23H,4-6,20H2,1-2H3,(H,25,26);1H/t8-,9-,12+,13-,14-,15-;/m1./s1. The molecule has 6 atom stereocenters. The number of carbonyl (C=O) groups is 2. The van der Waals surface area contributed by atoms with Crippen molar-refractivity contribution in [2.75, 3.05) is 6.54 Å². The van der Waals surface area contributed by atoms with Crippen LogP contribution in [0, 0.1) is 11.8 Å². The second-order valence-electron chi connectivity index (χ2n) is 7.76. The molecule has 2 fully saturated rings. The van der Waals surface area contributed by atoms with Crippen LogP contribution in [0.5, 0.6) is 0 Å². The summed E-state index contributed by atoms with van der Waals surface area (Å²) in [4.78, 5) is 27.6. The second-order valence-corrected chi connectivity index (χ2v) is 10.1. The maximum Gasteiger partial charge on any atom is 0.353 e. The van der Waals surface area contributed by atoms with Crippen molar-refractivity contribution >= 4 is 47.4 Å². The Morgan fingerprint density at radius 2 is 2.24 bits per heavy atom. The van der Waals surface area contributed by atoms with E-state index >= 15 is 0 Å². The second kappa shape index (κ2) is 8.56. The predicted octanol–water partition coefficient (Wildman–Crippen LogP) is 1.92. The van der Waals surface area contributed by atoms with Crippen molar-refractivity contribution in [3.05, 3.63) is 32.5 Å². The Balaban J connectivity index is 0.00000240. The van der Waals surface area contributed by atoms with Crippen molar-refractivity contribution in [3.63, 3.8) is 0 Å².